The molecule has 98 valence electrons. The topological polar surface area (TPSA) is 62.0 Å². The lowest BCUT2D eigenvalue weighted by molar-refractivity contribution is 0.102. The number of pyridine rings is 1. The zero-order chi connectivity index (χ0) is 13.2. The molecule has 0 unspecified atom stereocenters. The maximum absolute atomic E-state index is 12.3. The summed E-state index contributed by atoms with van der Waals surface area (Å²) in [5.41, 5.74) is 2.58. The number of amides is 1. The van der Waals surface area contributed by atoms with E-state index in [0.29, 0.717) is 0 Å². The maximum Gasteiger partial charge on any atom is 0.261 e. The van der Waals surface area contributed by atoms with Crippen LogP contribution >= 0.6 is 11.3 Å². The predicted octanol–water partition coefficient (Wildman–Crippen LogP) is 2.57. The van der Waals surface area contributed by atoms with Gasteiger partial charge in [0.05, 0.1) is 5.69 Å². The maximum atomic E-state index is 12.3. The highest BCUT2D eigenvalue weighted by atomic mass is 32.1. The minimum Gasteiger partial charge on any atom is -0.364 e. The van der Waals surface area contributed by atoms with Crippen LogP contribution in [-0.2, 0) is 12.8 Å². The van der Waals surface area contributed by atoms with E-state index in [1.807, 2.05) is 16.8 Å². The standard InChI is InChI=1S/C14H14N2O2S/c17-13-10-3-1-2-4-12(10)15-7-11(13)14(18)16-9-5-6-19-8-9/h5-8H,1-4H2,(H,15,17)(H,16,18). The SMILES string of the molecule is O=C(Nc1ccsc1)c1c[nH]c2c(c1=O)CCCC2. The summed E-state index contributed by atoms with van der Waals surface area (Å²) in [6.07, 6.45) is 5.32. The van der Waals surface area contributed by atoms with Crippen LogP contribution in [0.25, 0.3) is 0 Å². The van der Waals surface area contributed by atoms with Gasteiger partial charge in [-0.1, -0.05) is 0 Å². The molecular formula is C14H14N2O2S. The second-order valence-electron chi connectivity index (χ2n) is 4.66. The van der Waals surface area contributed by atoms with Gasteiger partial charge in [-0.15, -0.1) is 0 Å². The van der Waals surface area contributed by atoms with E-state index >= 15 is 0 Å². The third kappa shape index (κ3) is 2.33. The molecule has 1 amide bonds. The van der Waals surface area contributed by atoms with Crippen molar-refractivity contribution in [1.82, 2.24) is 4.98 Å². The summed E-state index contributed by atoms with van der Waals surface area (Å²) in [7, 11) is 0. The van der Waals surface area contributed by atoms with E-state index in [9.17, 15) is 9.59 Å². The summed E-state index contributed by atoms with van der Waals surface area (Å²) in [5.74, 6) is -0.340. The number of hydrogen-bond acceptors (Lipinski definition) is 3. The van der Waals surface area contributed by atoms with Crippen LogP contribution < -0.4 is 10.7 Å². The third-order valence-corrected chi connectivity index (χ3v) is 4.08. The lowest BCUT2D eigenvalue weighted by atomic mass is 9.94. The van der Waals surface area contributed by atoms with Gasteiger partial charge in [-0.2, -0.15) is 11.3 Å². The Hall–Kier alpha value is -1.88. The predicted molar refractivity (Wildman–Crippen MR) is 76.0 cm³/mol. The number of H-pyrrole nitrogens is 1. The molecule has 1 aliphatic carbocycles. The van der Waals surface area contributed by atoms with Crippen LogP contribution in [0, 0.1) is 0 Å². The zero-order valence-electron chi connectivity index (χ0n) is 10.4. The van der Waals surface area contributed by atoms with Crippen LogP contribution in [0.15, 0.2) is 27.8 Å². The Morgan fingerprint density at radius 3 is 2.95 bits per heavy atom. The summed E-state index contributed by atoms with van der Waals surface area (Å²) in [4.78, 5) is 27.5. The Morgan fingerprint density at radius 2 is 2.16 bits per heavy atom. The van der Waals surface area contributed by atoms with Crippen LogP contribution in [0.2, 0.25) is 0 Å². The highest BCUT2D eigenvalue weighted by Crippen LogP contribution is 2.17. The fraction of sp³-hybridized carbons (Fsp3) is 0.286. The normalized spacial score (nSPS) is 13.9. The summed E-state index contributed by atoms with van der Waals surface area (Å²) >= 11 is 1.50. The van der Waals surface area contributed by atoms with E-state index in [4.69, 9.17) is 0 Å². The number of hydrogen-bond donors (Lipinski definition) is 2. The number of carbonyl (C=O) groups is 1. The molecule has 0 saturated carbocycles. The zero-order valence-corrected chi connectivity index (χ0v) is 11.2. The molecule has 2 N–H and O–H groups in total. The van der Waals surface area contributed by atoms with Gasteiger partial charge in [-0.25, -0.2) is 0 Å². The van der Waals surface area contributed by atoms with Crippen molar-refractivity contribution in [2.45, 2.75) is 25.7 Å². The molecule has 0 aromatic carbocycles. The number of carbonyl (C=O) groups excluding carboxylic acids is 1. The first-order valence-corrected chi connectivity index (χ1v) is 7.27. The van der Waals surface area contributed by atoms with Crippen LogP contribution in [0.1, 0.15) is 34.5 Å². The smallest absolute Gasteiger partial charge is 0.261 e. The molecule has 2 aromatic heterocycles. The third-order valence-electron chi connectivity index (χ3n) is 3.40. The van der Waals surface area contributed by atoms with E-state index in [0.717, 1.165) is 42.6 Å². The Kier molecular flexibility index (Phi) is 3.21. The number of aryl methyl sites for hydroxylation is 1. The molecule has 19 heavy (non-hydrogen) atoms. The second-order valence-corrected chi connectivity index (χ2v) is 5.44. The van der Waals surface area contributed by atoms with Crippen LogP contribution in [0.4, 0.5) is 5.69 Å². The monoisotopic (exact) mass is 274 g/mol. The number of aromatic amines is 1. The number of nitrogens with one attached hydrogen (secondary N) is 2. The lowest BCUT2D eigenvalue weighted by Crippen LogP contribution is -2.27. The van der Waals surface area contributed by atoms with Crippen molar-refractivity contribution < 1.29 is 4.79 Å². The molecule has 4 nitrogen and oxygen atoms in total. The minimum atomic E-state index is -0.340. The molecule has 0 bridgehead atoms. The number of fused-ring (bicyclic) bond motifs is 1. The van der Waals surface area contributed by atoms with Crippen molar-refractivity contribution in [1.29, 1.82) is 0 Å². The van der Waals surface area contributed by atoms with E-state index in [-0.39, 0.29) is 16.9 Å². The van der Waals surface area contributed by atoms with Gasteiger partial charge in [-0.05, 0) is 37.1 Å². The van der Waals surface area contributed by atoms with Crippen molar-refractivity contribution >= 4 is 22.9 Å². The molecule has 5 heteroatoms. The van der Waals surface area contributed by atoms with Crippen molar-refractivity contribution in [2.24, 2.45) is 0 Å². The molecular weight excluding hydrogens is 260 g/mol. The van der Waals surface area contributed by atoms with Crippen molar-refractivity contribution in [3.8, 4) is 0 Å². The number of anilines is 1. The molecule has 0 aliphatic heterocycles. The molecule has 3 rings (SSSR count). The summed E-state index contributed by atoms with van der Waals surface area (Å²) in [6.45, 7) is 0. The Morgan fingerprint density at radius 1 is 1.32 bits per heavy atom. The van der Waals surface area contributed by atoms with Crippen LogP contribution in [-0.4, -0.2) is 10.9 Å². The first kappa shape index (κ1) is 12.2. The number of aromatic nitrogens is 1. The molecule has 0 atom stereocenters. The first-order chi connectivity index (χ1) is 9.25. The average molecular weight is 274 g/mol. The summed E-state index contributed by atoms with van der Waals surface area (Å²) < 4.78 is 0. The molecule has 0 saturated heterocycles. The van der Waals surface area contributed by atoms with Gasteiger partial charge in [0.1, 0.15) is 5.56 Å². The highest BCUT2D eigenvalue weighted by molar-refractivity contribution is 7.08. The Labute approximate surface area is 114 Å². The molecule has 0 spiro atoms. The van der Waals surface area contributed by atoms with Gasteiger partial charge in [0.15, 0.2) is 5.43 Å². The average Bonchev–Trinajstić information content (AvgIpc) is 2.92. The Bertz CT molecular complexity index is 659. The van der Waals surface area contributed by atoms with Gasteiger partial charge >= 0.3 is 0 Å². The summed E-state index contributed by atoms with van der Waals surface area (Å²) in [5, 5.41) is 6.46. The van der Waals surface area contributed by atoms with E-state index < -0.39 is 0 Å². The lowest BCUT2D eigenvalue weighted by Gasteiger charge is -2.15. The Balaban J connectivity index is 1.93. The largest absolute Gasteiger partial charge is 0.364 e. The second kappa shape index (κ2) is 5.01. The van der Waals surface area contributed by atoms with Gasteiger partial charge < -0.3 is 10.3 Å². The van der Waals surface area contributed by atoms with E-state index in [1.165, 1.54) is 17.5 Å². The van der Waals surface area contributed by atoms with Crippen LogP contribution in [0.3, 0.4) is 0 Å². The molecule has 0 radical (unpaired) electrons. The van der Waals surface area contributed by atoms with Crippen molar-refractivity contribution in [2.75, 3.05) is 5.32 Å². The van der Waals surface area contributed by atoms with E-state index in [1.54, 1.807) is 0 Å². The van der Waals surface area contributed by atoms with Gasteiger partial charge in [0.2, 0.25) is 0 Å². The number of rotatable bonds is 2. The van der Waals surface area contributed by atoms with Crippen molar-refractivity contribution in [3.63, 3.8) is 0 Å². The molecule has 1 aliphatic rings. The van der Waals surface area contributed by atoms with Crippen molar-refractivity contribution in [3.05, 3.63) is 50.1 Å². The molecule has 0 fully saturated rings. The van der Waals surface area contributed by atoms with Gasteiger partial charge in [-0.3, -0.25) is 9.59 Å². The minimum absolute atomic E-state index is 0.124. The molecule has 2 aromatic rings. The fourth-order valence-electron chi connectivity index (χ4n) is 2.41. The van der Waals surface area contributed by atoms with Crippen LogP contribution in [0.5, 0.6) is 0 Å². The number of thiophene rings is 1. The van der Waals surface area contributed by atoms with Gasteiger partial charge in [0.25, 0.3) is 5.91 Å². The first-order valence-electron chi connectivity index (χ1n) is 6.32. The molecule has 2 heterocycles. The summed E-state index contributed by atoms with van der Waals surface area (Å²) in [6, 6.07) is 1.81. The quantitative estimate of drug-likeness (QED) is 0.884. The fourth-order valence-corrected chi connectivity index (χ4v) is 2.99. The highest BCUT2D eigenvalue weighted by Gasteiger charge is 2.19. The van der Waals surface area contributed by atoms with E-state index in [2.05, 4.69) is 10.3 Å². The van der Waals surface area contributed by atoms with Gasteiger partial charge in [0, 0.05) is 22.8 Å².